The molecule has 1 atom stereocenters. The zero-order valence-electron chi connectivity index (χ0n) is 11.1. The van der Waals surface area contributed by atoms with Crippen LogP contribution in [0.4, 0.5) is 4.39 Å². The van der Waals surface area contributed by atoms with Crippen molar-refractivity contribution >= 4 is 27.9 Å². The minimum Gasteiger partial charge on any atom is -0.480 e. The highest BCUT2D eigenvalue weighted by molar-refractivity contribution is 9.10. The van der Waals surface area contributed by atoms with E-state index in [1.54, 1.807) is 6.92 Å². The normalized spacial score (nSPS) is 21.5. The predicted molar refractivity (Wildman–Crippen MR) is 77.5 cm³/mol. The molecule has 1 aromatic rings. The largest absolute Gasteiger partial charge is 0.480 e. The van der Waals surface area contributed by atoms with Gasteiger partial charge in [0.15, 0.2) is 0 Å². The number of halogens is 2. The average molecular weight is 355 g/mol. The van der Waals surface area contributed by atoms with Crippen molar-refractivity contribution in [2.45, 2.75) is 18.8 Å². The van der Waals surface area contributed by atoms with Crippen molar-refractivity contribution in [3.05, 3.63) is 57.4 Å². The van der Waals surface area contributed by atoms with Crippen LogP contribution in [0.1, 0.15) is 18.9 Å². The summed E-state index contributed by atoms with van der Waals surface area (Å²) in [5.41, 5.74) is -0.917. The van der Waals surface area contributed by atoms with Gasteiger partial charge in [-0.3, -0.25) is 4.79 Å². The third-order valence-corrected chi connectivity index (χ3v) is 4.10. The van der Waals surface area contributed by atoms with E-state index in [4.69, 9.17) is 5.11 Å². The highest BCUT2D eigenvalue weighted by Crippen LogP contribution is 2.41. The van der Waals surface area contributed by atoms with E-state index in [9.17, 15) is 19.1 Å². The predicted octanol–water partition coefficient (Wildman–Crippen LogP) is 3.27. The van der Waals surface area contributed by atoms with E-state index in [2.05, 4.69) is 15.9 Å². The van der Waals surface area contributed by atoms with Crippen LogP contribution >= 0.6 is 15.9 Å². The summed E-state index contributed by atoms with van der Waals surface area (Å²) >= 11 is 3.22. The molecule has 0 amide bonds. The van der Waals surface area contributed by atoms with Crippen LogP contribution in [0, 0.1) is 5.82 Å². The molecule has 0 spiro atoms. The Bertz CT molecular complexity index is 693. The molecule has 21 heavy (non-hydrogen) atoms. The van der Waals surface area contributed by atoms with Crippen molar-refractivity contribution < 1.29 is 24.2 Å². The van der Waals surface area contributed by atoms with Gasteiger partial charge in [0, 0.05) is 16.5 Å². The molecule has 1 aliphatic carbocycles. The molecule has 0 bridgehead atoms. The fraction of sp³-hybridized carbons (Fsp3) is 0.200. The van der Waals surface area contributed by atoms with Crippen LogP contribution in [0.5, 0.6) is 0 Å². The Morgan fingerprint density at radius 2 is 2.00 bits per heavy atom. The number of hydrogen-bond donors (Lipinski definition) is 2. The SMILES string of the molecule is CC1=CC(C(=O)O)(c2cc(F)ccc2Br)CC(C(=O)O)=C1. The van der Waals surface area contributed by atoms with E-state index in [1.807, 2.05) is 0 Å². The highest BCUT2D eigenvalue weighted by atomic mass is 79.9. The summed E-state index contributed by atoms with van der Waals surface area (Å²) in [4.78, 5) is 23.1. The lowest BCUT2D eigenvalue weighted by Crippen LogP contribution is -2.37. The van der Waals surface area contributed by atoms with Gasteiger partial charge in [0.05, 0.1) is 0 Å². The molecule has 0 fully saturated rings. The van der Waals surface area contributed by atoms with Crippen molar-refractivity contribution in [1.82, 2.24) is 0 Å². The van der Waals surface area contributed by atoms with E-state index in [0.29, 0.717) is 10.0 Å². The fourth-order valence-electron chi connectivity index (χ4n) is 2.51. The second-order valence-electron chi connectivity index (χ2n) is 4.94. The molecule has 2 rings (SSSR count). The van der Waals surface area contributed by atoms with Crippen LogP contribution in [0.25, 0.3) is 0 Å². The number of aliphatic carboxylic acids is 2. The number of carbonyl (C=O) groups is 2. The summed E-state index contributed by atoms with van der Waals surface area (Å²) in [7, 11) is 0. The number of hydrogen-bond acceptors (Lipinski definition) is 2. The van der Waals surface area contributed by atoms with Crippen LogP contribution in [0.15, 0.2) is 46.0 Å². The molecular formula is C15H12BrFO4. The van der Waals surface area contributed by atoms with E-state index in [0.717, 1.165) is 6.07 Å². The van der Waals surface area contributed by atoms with Crippen LogP contribution in [-0.4, -0.2) is 22.2 Å². The molecule has 1 unspecified atom stereocenters. The van der Waals surface area contributed by atoms with E-state index in [-0.39, 0.29) is 17.6 Å². The van der Waals surface area contributed by atoms with E-state index < -0.39 is 23.2 Å². The highest BCUT2D eigenvalue weighted by Gasteiger charge is 2.43. The number of allylic oxidation sites excluding steroid dienone is 2. The lowest BCUT2D eigenvalue weighted by Gasteiger charge is -2.31. The lowest BCUT2D eigenvalue weighted by atomic mass is 9.71. The summed E-state index contributed by atoms with van der Waals surface area (Å²) < 4.78 is 13.9. The third kappa shape index (κ3) is 2.76. The number of benzene rings is 1. The number of rotatable bonds is 3. The van der Waals surface area contributed by atoms with Gasteiger partial charge in [-0.15, -0.1) is 0 Å². The van der Waals surface area contributed by atoms with Crippen LogP contribution < -0.4 is 0 Å². The average Bonchev–Trinajstić information content (AvgIpc) is 2.40. The van der Waals surface area contributed by atoms with Crippen molar-refractivity contribution in [2.24, 2.45) is 0 Å². The molecule has 0 heterocycles. The van der Waals surface area contributed by atoms with Gasteiger partial charge in [0.2, 0.25) is 0 Å². The van der Waals surface area contributed by atoms with Gasteiger partial charge in [0.1, 0.15) is 11.2 Å². The topological polar surface area (TPSA) is 74.6 Å². The first kappa shape index (κ1) is 15.4. The molecule has 0 saturated heterocycles. The summed E-state index contributed by atoms with van der Waals surface area (Å²) in [6, 6.07) is 3.74. The van der Waals surface area contributed by atoms with Crippen LogP contribution in [-0.2, 0) is 15.0 Å². The van der Waals surface area contributed by atoms with Gasteiger partial charge in [0.25, 0.3) is 0 Å². The van der Waals surface area contributed by atoms with Crippen molar-refractivity contribution in [3.63, 3.8) is 0 Å². The molecular weight excluding hydrogens is 343 g/mol. The first-order valence-corrected chi connectivity index (χ1v) is 6.88. The molecule has 1 aromatic carbocycles. The molecule has 0 saturated carbocycles. The zero-order valence-corrected chi connectivity index (χ0v) is 12.6. The molecule has 4 nitrogen and oxygen atoms in total. The Balaban J connectivity index is 2.69. The molecule has 6 heteroatoms. The molecule has 1 aliphatic rings. The van der Waals surface area contributed by atoms with Gasteiger partial charge in [-0.2, -0.15) is 0 Å². The monoisotopic (exact) mass is 354 g/mol. The smallest absolute Gasteiger partial charge is 0.331 e. The van der Waals surface area contributed by atoms with Crippen molar-refractivity contribution in [2.75, 3.05) is 0 Å². The van der Waals surface area contributed by atoms with Crippen molar-refractivity contribution in [1.29, 1.82) is 0 Å². The quantitative estimate of drug-likeness (QED) is 0.873. The summed E-state index contributed by atoms with van der Waals surface area (Å²) in [5.74, 6) is -2.98. The summed E-state index contributed by atoms with van der Waals surface area (Å²) in [5, 5.41) is 18.8. The second-order valence-corrected chi connectivity index (χ2v) is 5.79. The second kappa shape index (κ2) is 5.44. The maximum absolute atomic E-state index is 13.5. The van der Waals surface area contributed by atoms with Crippen LogP contribution in [0.2, 0.25) is 0 Å². The standard InChI is InChI=1S/C15H12BrFO4/c1-8-4-9(13(18)19)7-15(6-8,14(20)21)11-5-10(17)2-3-12(11)16/h2-6H,7H2,1H3,(H,18,19)(H,20,21). The Kier molecular flexibility index (Phi) is 4.00. The fourth-order valence-corrected chi connectivity index (χ4v) is 3.11. The van der Waals surface area contributed by atoms with E-state index >= 15 is 0 Å². The first-order chi connectivity index (χ1) is 9.76. The van der Waals surface area contributed by atoms with Gasteiger partial charge < -0.3 is 10.2 Å². The molecule has 110 valence electrons. The summed E-state index contributed by atoms with van der Waals surface area (Å²) in [6.45, 7) is 1.62. The number of carboxylic acid groups (broad SMARTS) is 2. The minimum atomic E-state index is -1.60. The Morgan fingerprint density at radius 3 is 2.57 bits per heavy atom. The zero-order chi connectivity index (χ0) is 15.8. The van der Waals surface area contributed by atoms with Gasteiger partial charge in [-0.05, 0) is 36.8 Å². The first-order valence-electron chi connectivity index (χ1n) is 6.08. The molecule has 0 aromatic heterocycles. The number of carboxylic acids is 2. The van der Waals surface area contributed by atoms with Gasteiger partial charge >= 0.3 is 11.9 Å². The van der Waals surface area contributed by atoms with Gasteiger partial charge in [-0.1, -0.05) is 27.6 Å². The molecule has 0 radical (unpaired) electrons. The summed E-state index contributed by atoms with van der Waals surface area (Å²) in [6.07, 6.45) is 2.65. The van der Waals surface area contributed by atoms with Gasteiger partial charge in [-0.25, -0.2) is 9.18 Å². The maximum Gasteiger partial charge on any atom is 0.331 e. The minimum absolute atomic E-state index is 0.0199. The Labute approximate surface area is 128 Å². The van der Waals surface area contributed by atoms with Crippen LogP contribution in [0.3, 0.4) is 0 Å². The maximum atomic E-state index is 13.5. The molecule has 0 aliphatic heterocycles. The third-order valence-electron chi connectivity index (χ3n) is 3.41. The lowest BCUT2D eigenvalue weighted by molar-refractivity contribution is -0.142. The van der Waals surface area contributed by atoms with Crippen molar-refractivity contribution in [3.8, 4) is 0 Å². The van der Waals surface area contributed by atoms with E-state index in [1.165, 1.54) is 24.3 Å². The Hall–Kier alpha value is -1.95. The molecule has 2 N–H and O–H groups in total. The Morgan fingerprint density at radius 1 is 1.33 bits per heavy atom.